The molecule has 4 heterocycles. The van der Waals surface area contributed by atoms with Gasteiger partial charge in [-0.1, -0.05) is 6.07 Å². The molecule has 0 saturated carbocycles. The van der Waals surface area contributed by atoms with Crippen molar-refractivity contribution in [1.29, 1.82) is 0 Å². The number of aromatic nitrogens is 3. The number of pyridine rings is 1. The minimum Gasteiger partial charge on any atom is -0.493 e. The van der Waals surface area contributed by atoms with Crippen LogP contribution in [0.2, 0.25) is 0 Å². The number of aromatic amines is 1. The summed E-state index contributed by atoms with van der Waals surface area (Å²) in [6.45, 7) is 6.35. The van der Waals surface area contributed by atoms with E-state index in [-0.39, 0.29) is 6.10 Å². The third-order valence-corrected chi connectivity index (χ3v) is 6.79. The van der Waals surface area contributed by atoms with Gasteiger partial charge < -0.3 is 23.9 Å². The Morgan fingerprint density at radius 2 is 2.03 bits per heavy atom. The summed E-state index contributed by atoms with van der Waals surface area (Å²) in [6, 6.07) is 11.8. The molecule has 0 bridgehead atoms. The van der Waals surface area contributed by atoms with Gasteiger partial charge in [0.05, 0.1) is 12.3 Å². The molecule has 9 nitrogen and oxygen atoms in total. The molecule has 0 radical (unpaired) electrons. The van der Waals surface area contributed by atoms with E-state index >= 15 is 0 Å². The van der Waals surface area contributed by atoms with Crippen LogP contribution in [0.25, 0.3) is 11.3 Å². The Kier molecular flexibility index (Phi) is 7.37. The fourth-order valence-electron chi connectivity index (χ4n) is 4.66. The van der Waals surface area contributed by atoms with E-state index in [1.165, 1.54) is 5.56 Å². The Morgan fingerprint density at radius 1 is 1.17 bits per heavy atom. The average molecular weight is 478 g/mol. The molecule has 0 aliphatic carbocycles. The summed E-state index contributed by atoms with van der Waals surface area (Å²) in [4.78, 5) is 20.2. The van der Waals surface area contributed by atoms with Crippen molar-refractivity contribution < 1.29 is 19.0 Å². The average Bonchev–Trinajstić information content (AvgIpc) is 3.57. The van der Waals surface area contributed by atoms with Crippen LogP contribution in [0.3, 0.4) is 0 Å². The fraction of sp³-hybridized carbons (Fsp3) is 0.423. The van der Waals surface area contributed by atoms with E-state index in [0.29, 0.717) is 30.7 Å². The highest BCUT2D eigenvalue weighted by Gasteiger charge is 2.26. The maximum Gasteiger partial charge on any atom is 0.219 e. The van der Waals surface area contributed by atoms with Crippen LogP contribution in [-0.2, 0) is 9.53 Å². The van der Waals surface area contributed by atoms with Crippen molar-refractivity contribution in [1.82, 2.24) is 25.0 Å². The minimum atomic E-state index is -0.334. The number of ether oxygens (including phenoxy) is 3. The molecular formula is C26H31N5O4. The molecule has 3 aromatic rings. The molecule has 35 heavy (non-hydrogen) atoms. The van der Waals surface area contributed by atoms with Crippen molar-refractivity contribution in [3.05, 3.63) is 54.4 Å². The molecule has 2 atom stereocenters. The number of methoxy groups -OCH3 is 1. The van der Waals surface area contributed by atoms with Gasteiger partial charge in [-0.15, -0.1) is 0 Å². The third-order valence-electron chi connectivity index (χ3n) is 6.79. The molecule has 9 heteroatoms. The maximum absolute atomic E-state index is 11.0. The van der Waals surface area contributed by atoms with Crippen LogP contribution < -0.4 is 9.47 Å². The molecule has 1 saturated heterocycles. The summed E-state index contributed by atoms with van der Waals surface area (Å²) in [5.41, 5.74) is 3.12. The van der Waals surface area contributed by atoms with Crippen LogP contribution in [0.15, 0.2) is 48.8 Å². The molecule has 1 N–H and O–H groups in total. The zero-order chi connectivity index (χ0) is 24.0. The number of piperazine rings is 1. The molecule has 1 fully saturated rings. The SMILES string of the molecule is CO[C@@H](C=O)CN1CCN(CCC2COc3cc(Oc4ccc(-c5ccn[nH]5)cn4)ccc32)CC1. The van der Waals surface area contributed by atoms with Crippen molar-refractivity contribution in [3.63, 3.8) is 0 Å². The maximum atomic E-state index is 11.0. The first-order valence-electron chi connectivity index (χ1n) is 12.0. The van der Waals surface area contributed by atoms with Crippen LogP contribution in [0, 0.1) is 0 Å². The van der Waals surface area contributed by atoms with E-state index in [4.69, 9.17) is 14.2 Å². The highest BCUT2D eigenvalue weighted by atomic mass is 16.5. The van der Waals surface area contributed by atoms with Gasteiger partial charge in [0.2, 0.25) is 5.88 Å². The standard InChI is InChI=1S/C26H31N5O4/c1-33-22(17-32)16-31-12-10-30(11-13-31)9-7-20-18-34-25-14-21(3-4-23(20)25)35-26-5-2-19(15-27-26)24-6-8-28-29-24/h2-6,8,14-15,17,20,22H,7,9-13,16,18H2,1H3,(H,28,29)/t20?,22-/m1/s1. The molecule has 0 amide bonds. The zero-order valence-corrected chi connectivity index (χ0v) is 19.9. The van der Waals surface area contributed by atoms with E-state index in [1.54, 1.807) is 19.5 Å². The van der Waals surface area contributed by atoms with E-state index in [0.717, 1.165) is 62.4 Å². The highest BCUT2D eigenvalue weighted by Crippen LogP contribution is 2.39. The van der Waals surface area contributed by atoms with Gasteiger partial charge in [-0.05, 0) is 31.2 Å². The molecule has 1 unspecified atom stereocenters. The quantitative estimate of drug-likeness (QED) is 0.446. The lowest BCUT2D eigenvalue weighted by Crippen LogP contribution is -2.49. The number of H-pyrrole nitrogens is 1. The van der Waals surface area contributed by atoms with Crippen molar-refractivity contribution >= 4 is 6.29 Å². The Hall–Kier alpha value is -3.27. The van der Waals surface area contributed by atoms with Crippen LogP contribution >= 0.6 is 0 Å². The number of carbonyl (C=O) groups excluding carboxylic acids is 1. The molecule has 184 valence electrons. The van der Waals surface area contributed by atoms with Gasteiger partial charge in [0.15, 0.2) is 0 Å². The summed E-state index contributed by atoms with van der Waals surface area (Å²) < 4.78 is 17.1. The van der Waals surface area contributed by atoms with Crippen molar-refractivity contribution in [2.24, 2.45) is 0 Å². The molecule has 2 aliphatic heterocycles. The smallest absolute Gasteiger partial charge is 0.219 e. The molecule has 0 spiro atoms. The second kappa shape index (κ2) is 11.0. The number of hydrogen-bond acceptors (Lipinski definition) is 8. The molecule has 1 aromatic carbocycles. The largest absolute Gasteiger partial charge is 0.493 e. The van der Waals surface area contributed by atoms with E-state index in [9.17, 15) is 4.79 Å². The Balaban J connectivity index is 1.11. The number of benzene rings is 1. The Bertz CT molecular complexity index is 1100. The predicted molar refractivity (Wildman–Crippen MR) is 131 cm³/mol. The minimum absolute atomic E-state index is 0.334. The number of fused-ring (bicyclic) bond motifs is 1. The molecular weight excluding hydrogens is 446 g/mol. The van der Waals surface area contributed by atoms with Crippen molar-refractivity contribution in [3.8, 4) is 28.6 Å². The second-order valence-corrected chi connectivity index (χ2v) is 9.01. The summed E-state index contributed by atoms with van der Waals surface area (Å²) in [5.74, 6) is 2.53. The van der Waals surface area contributed by atoms with Gasteiger partial charge in [-0.3, -0.25) is 10.00 Å². The molecule has 5 rings (SSSR count). The van der Waals surface area contributed by atoms with Crippen molar-refractivity contribution in [2.45, 2.75) is 18.4 Å². The van der Waals surface area contributed by atoms with Gasteiger partial charge in [0, 0.05) is 81.4 Å². The number of carbonyl (C=O) groups is 1. The molecule has 2 aliphatic rings. The van der Waals surface area contributed by atoms with Crippen LogP contribution in [-0.4, -0.2) is 90.4 Å². The van der Waals surface area contributed by atoms with Gasteiger partial charge in [0.1, 0.15) is 23.9 Å². The van der Waals surface area contributed by atoms with Crippen LogP contribution in [0.4, 0.5) is 0 Å². The van der Waals surface area contributed by atoms with Crippen LogP contribution in [0.1, 0.15) is 17.9 Å². The topological polar surface area (TPSA) is 92.8 Å². The van der Waals surface area contributed by atoms with Gasteiger partial charge in [-0.2, -0.15) is 5.10 Å². The number of hydrogen-bond donors (Lipinski definition) is 1. The first-order valence-corrected chi connectivity index (χ1v) is 12.0. The van der Waals surface area contributed by atoms with E-state index < -0.39 is 0 Å². The normalized spacial score (nSPS) is 19.2. The highest BCUT2D eigenvalue weighted by molar-refractivity contribution is 5.57. The van der Waals surface area contributed by atoms with Gasteiger partial charge >= 0.3 is 0 Å². The zero-order valence-electron chi connectivity index (χ0n) is 19.9. The molecule has 2 aromatic heterocycles. The summed E-state index contributed by atoms with van der Waals surface area (Å²) in [5, 5.41) is 6.90. The van der Waals surface area contributed by atoms with Crippen LogP contribution in [0.5, 0.6) is 17.4 Å². The third kappa shape index (κ3) is 5.70. The summed E-state index contributed by atoms with van der Waals surface area (Å²) in [7, 11) is 1.59. The lowest BCUT2D eigenvalue weighted by atomic mass is 9.97. The number of nitrogens with one attached hydrogen (secondary N) is 1. The first-order chi connectivity index (χ1) is 17.2. The van der Waals surface area contributed by atoms with Gasteiger partial charge in [-0.25, -0.2) is 4.98 Å². The van der Waals surface area contributed by atoms with E-state index in [2.05, 4.69) is 31.0 Å². The Labute approximate surface area is 205 Å². The number of aldehydes is 1. The number of rotatable bonds is 10. The fourth-order valence-corrected chi connectivity index (χ4v) is 4.66. The van der Waals surface area contributed by atoms with E-state index in [1.807, 2.05) is 30.3 Å². The lowest BCUT2D eigenvalue weighted by Gasteiger charge is -2.35. The predicted octanol–water partition coefficient (Wildman–Crippen LogP) is 2.96. The Morgan fingerprint density at radius 3 is 2.74 bits per heavy atom. The van der Waals surface area contributed by atoms with Crippen molar-refractivity contribution in [2.75, 3.05) is 53.0 Å². The summed E-state index contributed by atoms with van der Waals surface area (Å²) in [6.07, 6.45) is 5.08. The lowest BCUT2D eigenvalue weighted by molar-refractivity contribution is -0.117. The monoisotopic (exact) mass is 477 g/mol. The number of nitrogens with zero attached hydrogens (tertiary/aromatic N) is 4. The summed E-state index contributed by atoms with van der Waals surface area (Å²) >= 11 is 0. The first kappa shape index (κ1) is 23.5. The second-order valence-electron chi connectivity index (χ2n) is 9.01. The van der Waals surface area contributed by atoms with Gasteiger partial charge in [0.25, 0.3) is 0 Å².